The van der Waals surface area contributed by atoms with Crippen molar-refractivity contribution in [3.05, 3.63) is 17.5 Å². The van der Waals surface area contributed by atoms with E-state index in [0.29, 0.717) is 0 Å². The molecular weight excluding hydrogens is 212 g/mol. The fourth-order valence-corrected chi connectivity index (χ4v) is 3.31. The number of likely N-dealkylation sites (tertiary alicyclic amines) is 1. The van der Waals surface area contributed by atoms with Crippen LogP contribution >= 0.6 is 0 Å². The molecule has 0 aromatic carbocycles. The maximum Gasteiger partial charge on any atom is 0.0638 e. The molecule has 17 heavy (non-hydrogen) atoms. The van der Waals surface area contributed by atoms with Crippen LogP contribution in [0, 0.1) is 12.8 Å². The predicted molar refractivity (Wildman–Crippen MR) is 67.7 cm³/mol. The summed E-state index contributed by atoms with van der Waals surface area (Å²) in [6.45, 7) is 6.88. The van der Waals surface area contributed by atoms with E-state index in [0.717, 1.165) is 18.5 Å². The molecule has 1 N–H and O–H groups in total. The molecule has 0 aliphatic carbocycles. The van der Waals surface area contributed by atoms with Crippen LogP contribution in [-0.2, 0) is 13.6 Å². The zero-order valence-corrected chi connectivity index (χ0v) is 10.8. The molecule has 2 atom stereocenters. The van der Waals surface area contributed by atoms with E-state index in [9.17, 15) is 0 Å². The summed E-state index contributed by atoms with van der Waals surface area (Å²) in [5.74, 6) is 0.876. The molecule has 4 nitrogen and oxygen atoms in total. The molecule has 4 heteroatoms. The smallest absolute Gasteiger partial charge is 0.0638 e. The van der Waals surface area contributed by atoms with Crippen LogP contribution in [0.25, 0.3) is 0 Å². The van der Waals surface area contributed by atoms with Gasteiger partial charge in [-0.15, -0.1) is 0 Å². The van der Waals surface area contributed by atoms with Gasteiger partial charge in [0.05, 0.1) is 5.69 Å². The second-order valence-corrected chi connectivity index (χ2v) is 5.55. The molecule has 0 radical (unpaired) electrons. The van der Waals surface area contributed by atoms with Gasteiger partial charge in [0, 0.05) is 37.9 Å². The van der Waals surface area contributed by atoms with Gasteiger partial charge < -0.3 is 5.32 Å². The van der Waals surface area contributed by atoms with Gasteiger partial charge in [0.1, 0.15) is 0 Å². The van der Waals surface area contributed by atoms with E-state index in [1.807, 2.05) is 11.7 Å². The second-order valence-electron chi connectivity index (χ2n) is 5.55. The van der Waals surface area contributed by atoms with Gasteiger partial charge >= 0.3 is 0 Å². The SMILES string of the molecule is Cc1nn(C)cc1CN1CCC2NCCC2C1. The van der Waals surface area contributed by atoms with Gasteiger partial charge in [0.15, 0.2) is 0 Å². The summed E-state index contributed by atoms with van der Waals surface area (Å²) in [6.07, 6.45) is 4.82. The molecule has 0 spiro atoms. The number of hydrogen-bond acceptors (Lipinski definition) is 3. The van der Waals surface area contributed by atoms with E-state index >= 15 is 0 Å². The maximum absolute atomic E-state index is 4.42. The Kier molecular flexibility index (Phi) is 2.92. The zero-order valence-electron chi connectivity index (χ0n) is 10.8. The molecule has 0 bridgehead atoms. The fourth-order valence-electron chi connectivity index (χ4n) is 3.31. The first-order valence-corrected chi connectivity index (χ1v) is 6.67. The third-order valence-corrected chi connectivity index (χ3v) is 4.25. The van der Waals surface area contributed by atoms with Crippen molar-refractivity contribution in [1.29, 1.82) is 0 Å². The van der Waals surface area contributed by atoms with Crippen molar-refractivity contribution >= 4 is 0 Å². The standard InChI is InChI=1S/C13H22N4/c1-10-12(7-16(2)15-10)9-17-6-4-13-11(8-17)3-5-14-13/h7,11,13-14H,3-6,8-9H2,1-2H3. The van der Waals surface area contributed by atoms with Gasteiger partial charge in [-0.3, -0.25) is 9.58 Å². The lowest BCUT2D eigenvalue weighted by Crippen LogP contribution is -2.43. The molecule has 2 unspecified atom stereocenters. The first kappa shape index (κ1) is 11.2. The largest absolute Gasteiger partial charge is 0.314 e. The number of nitrogens with one attached hydrogen (secondary N) is 1. The molecule has 1 aromatic heterocycles. The Labute approximate surface area is 103 Å². The highest BCUT2D eigenvalue weighted by Gasteiger charge is 2.32. The average Bonchev–Trinajstić information content (AvgIpc) is 2.85. The van der Waals surface area contributed by atoms with Crippen molar-refractivity contribution in [1.82, 2.24) is 20.0 Å². The average molecular weight is 234 g/mol. The minimum atomic E-state index is 0.793. The molecule has 2 aliphatic heterocycles. The molecule has 2 saturated heterocycles. The summed E-state index contributed by atoms with van der Waals surface area (Å²) in [4.78, 5) is 2.60. The number of rotatable bonds is 2. The molecule has 0 amide bonds. The highest BCUT2D eigenvalue weighted by atomic mass is 15.3. The van der Waals surface area contributed by atoms with Crippen LogP contribution in [-0.4, -0.2) is 40.4 Å². The van der Waals surface area contributed by atoms with Crippen LogP contribution < -0.4 is 5.32 Å². The Morgan fingerprint density at radius 3 is 3.12 bits per heavy atom. The predicted octanol–water partition coefficient (Wildman–Crippen LogP) is 0.912. The van der Waals surface area contributed by atoms with Crippen molar-refractivity contribution in [2.75, 3.05) is 19.6 Å². The lowest BCUT2D eigenvalue weighted by molar-refractivity contribution is 0.155. The highest BCUT2D eigenvalue weighted by Crippen LogP contribution is 2.25. The molecule has 2 aliphatic rings. The van der Waals surface area contributed by atoms with Gasteiger partial charge in [-0.05, 0) is 38.8 Å². The molecule has 94 valence electrons. The number of hydrogen-bond donors (Lipinski definition) is 1. The highest BCUT2D eigenvalue weighted by molar-refractivity contribution is 5.15. The molecule has 2 fully saturated rings. The summed E-state index contributed by atoms with van der Waals surface area (Å²) in [5, 5.41) is 8.04. The monoisotopic (exact) mass is 234 g/mol. The minimum absolute atomic E-state index is 0.793. The topological polar surface area (TPSA) is 33.1 Å². The third kappa shape index (κ3) is 2.24. The zero-order chi connectivity index (χ0) is 11.8. The van der Waals surface area contributed by atoms with Gasteiger partial charge in [-0.1, -0.05) is 0 Å². The third-order valence-electron chi connectivity index (χ3n) is 4.25. The Bertz CT molecular complexity index is 398. The van der Waals surface area contributed by atoms with Crippen LogP contribution in [0.4, 0.5) is 0 Å². The van der Waals surface area contributed by atoms with E-state index < -0.39 is 0 Å². The van der Waals surface area contributed by atoms with Crippen LogP contribution in [0.2, 0.25) is 0 Å². The van der Waals surface area contributed by atoms with Crippen molar-refractivity contribution < 1.29 is 0 Å². The van der Waals surface area contributed by atoms with Gasteiger partial charge in [0.25, 0.3) is 0 Å². The summed E-state index contributed by atoms with van der Waals surface area (Å²) >= 11 is 0. The number of aromatic nitrogens is 2. The van der Waals surface area contributed by atoms with Crippen molar-refractivity contribution in [2.45, 2.75) is 32.4 Å². The Morgan fingerprint density at radius 2 is 2.35 bits per heavy atom. The van der Waals surface area contributed by atoms with Crippen LogP contribution in [0.3, 0.4) is 0 Å². The van der Waals surface area contributed by atoms with Gasteiger partial charge in [0.2, 0.25) is 0 Å². The van der Waals surface area contributed by atoms with Crippen molar-refractivity contribution in [3.8, 4) is 0 Å². The number of nitrogens with zero attached hydrogens (tertiary/aromatic N) is 3. The van der Waals surface area contributed by atoms with Crippen LogP contribution in [0.1, 0.15) is 24.1 Å². The Balaban J connectivity index is 1.64. The van der Waals surface area contributed by atoms with Gasteiger partial charge in [-0.25, -0.2) is 0 Å². The number of fused-ring (bicyclic) bond motifs is 1. The summed E-state index contributed by atoms with van der Waals surface area (Å²) in [7, 11) is 2.00. The van der Waals surface area contributed by atoms with E-state index in [1.54, 1.807) is 0 Å². The minimum Gasteiger partial charge on any atom is -0.314 e. The molecule has 3 rings (SSSR count). The van der Waals surface area contributed by atoms with Crippen LogP contribution in [0.5, 0.6) is 0 Å². The molecule has 0 saturated carbocycles. The first-order valence-electron chi connectivity index (χ1n) is 6.67. The summed E-state index contributed by atoms with van der Waals surface area (Å²) < 4.78 is 1.93. The quantitative estimate of drug-likeness (QED) is 0.826. The van der Waals surface area contributed by atoms with Crippen molar-refractivity contribution in [3.63, 3.8) is 0 Å². The fraction of sp³-hybridized carbons (Fsp3) is 0.769. The Morgan fingerprint density at radius 1 is 1.47 bits per heavy atom. The maximum atomic E-state index is 4.42. The van der Waals surface area contributed by atoms with E-state index in [1.165, 1.54) is 43.7 Å². The molecule has 1 aromatic rings. The lowest BCUT2D eigenvalue weighted by Gasteiger charge is -2.34. The summed E-state index contributed by atoms with van der Waals surface area (Å²) in [6, 6.07) is 0.793. The van der Waals surface area contributed by atoms with Crippen LogP contribution in [0.15, 0.2) is 6.20 Å². The Hall–Kier alpha value is -0.870. The molecular formula is C13H22N4. The van der Waals surface area contributed by atoms with E-state index in [4.69, 9.17) is 0 Å². The van der Waals surface area contributed by atoms with Gasteiger partial charge in [-0.2, -0.15) is 5.10 Å². The van der Waals surface area contributed by atoms with E-state index in [2.05, 4.69) is 28.4 Å². The van der Waals surface area contributed by atoms with E-state index in [-0.39, 0.29) is 0 Å². The first-order chi connectivity index (χ1) is 8.22. The second kappa shape index (κ2) is 4.42. The normalized spacial score (nSPS) is 29.5. The number of piperidine rings is 1. The lowest BCUT2D eigenvalue weighted by atomic mass is 9.93. The summed E-state index contributed by atoms with van der Waals surface area (Å²) in [5.41, 5.74) is 2.57. The number of aryl methyl sites for hydroxylation is 2. The molecule has 3 heterocycles. The van der Waals surface area contributed by atoms with Crippen molar-refractivity contribution in [2.24, 2.45) is 13.0 Å².